The molecule has 114 valence electrons. The molecule has 0 saturated heterocycles. The Bertz CT molecular complexity index is 371. The third kappa shape index (κ3) is 4.94. The van der Waals surface area contributed by atoms with E-state index in [0.29, 0.717) is 17.4 Å². The van der Waals surface area contributed by atoms with Crippen LogP contribution in [0.5, 0.6) is 0 Å². The van der Waals surface area contributed by atoms with Gasteiger partial charge in [0.05, 0.1) is 0 Å². The van der Waals surface area contributed by atoms with E-state index in [9.17, 15) is 0 Å². The van der Waals surface area contributed by atoms with Crippen LogP contribution in [-0.2, 0) is 6.42 Å². The van der Waals surface area contributed by atoms with Crippen molar-refractivity contribution in [2.45, 2.75) is 72.8 Å². The van der Waals surface area contributed by atoms with Crippen LogP contribution in [0.4, 0.5) is 0 Å². The Hall–Kier alpha value is -0.820. The number of benzene rings is 1. The predicted octanol–water partition coefficient (Wildman–Crippen LogP) is 5.16. The lowest BCUT2D eigenvalue weighted by Crippen LogP contribution is -2.38. The first-order valence-corrected chi connectivity index (χ1v) is 8.24. The van der Waals surface area contributed by atoms with Gasteiger partial charge in [-0.3, -0.25) is 0 Å². The minimum absolute atomic E-state index is 0.392. The van der Waals surface area contributed by atoms with E-state index in [2.05, 4.69) is 71.1 Å². The molecule has 1 nitrogen and oxygen atoms in total. The lowest BCUT2D eigenvalue weighted by Gasteiger charge is -2.33. The van der Waals surface area contributed by atoms with Crippen LogP contribution in [-0.4, -0.2) is 12.6 Å². The van der Waals surface area contributed by atoms with Gasteiger partial charge in [0, 0.05) is 12.6 Å². The Morgan fingerprint density at radius 1 is 0.950 bits per heavy atom. The summed E-state index contributed by atoms with van der Waals surface area (Å²) in [6.45, 7) is 14.7. The molecule has 20 heavy (non-hydrogen) atoms. The topological polar surface area (TPSA) is 12.0 Å². The largest absolute Gasteiger partial charge is 0.314 e. The standard InChI is InChI=1S/C19H33N/c1-7-19(8-2,14-20-16(5)6)13-17-9-11-18(12-10-17)15(3)4/h9-12,15-16,20H,7-8,13-14H2,1-6H3. The van der Waals surface area contributed by atoms with Gasteiger partial charge in [-0.1, -0.05) is 65.8 Å². The quantitative estimate of drug-likeness (QED) is 0.691. The molecule has 1 aromatic rings. The maximum Gasteiger partial charge on any atom is 0.00132 e. The summed E-state index contributed by atoms with van der Waals surface area (Å²) < 4.78 is 0. The fourth-order valence-electron chi connectivity index (χ4n) is 2.69. The van der Waals surface area contributed by atoms with Crippen LogP contribution in [0.25, 0.3) is 0 Å². The number of hydrogen-bond acceptors (Lipinski definition) is 1. The first-order valence-electron chi connectivity index (χ1n) is 8.24. The Balaban J connectivity index is 2.78. The lowest BCUT2D eigenvalue weighted by molar-refractivity contribution is 0.239. The molecule has 1 rings (SSSR count). The zero-order chi connectivity index (χ0) is 15.2. The molecular weight excluding hydrogens is 242 g/mol. The van der Waals surface area contributed by atoms with E-state index >= 15 is 0 Å². The number of rotatable bonds is 8. The average Bonchev–Trinajstić information content (AvgIpc) is 2.44. The van der Waals surface area contributed by atoms with Crippen LogP contribution in [0.3, 0.4) is 0 Å². The SMILES string of the molecule is CCC(CC)(CNC(C)C)Cc1ccc(C(C)C)cc1. The summed E-state index contributed by atoms with van der Waals surface area (Å²) in [5.74, 6) is 0.619. The molecule has 0 aliphatic rings. The highest BCUT2D eigenvalue weighted by atomic mass is 14.9. The van der Waals surface area contributed by atoms with Crippen molar-refractivity contribution in [2.75, 3.05) is 6.54 Å². The molecule has 0 spiro atoms. The third-order valence-corrected chi connectivity index (χ3v) is 4.61. The molecule has 0 saturated carbocycles. The monoisotopic (exact) mass is 275 g/mol. The molecule has 1 aromatic carbocycles. The normalized spacial score (nSPS) is 12.4. The molecule has 0 fully saturated rings. The second-order valence-electron chi connectivity index (χ2n) is 6.82. The molecule has 0 radical (unpaired) electrons. The summed E-state index contributed by atoms with van der Waals surface area (Å²) in [6.07, 6.45) is 3.64. The van der Waals surface area contributed by atoms with Crippen molar-refractivity contribution < 1.29 is 0 Å². The van der Waals surface area contributed by atoms with Crippen molar-refractivity contribution in [1.82, 2.24) is 5.32 Å². The van der Waals surface area contributed by atoms with E-state index < -0.39 is 0 Å². The number of nitrogens with one attached hydrogen (secondary N) is 1. The molecule has 0 aromatic heterocycles. The van der Waals surface area contributed by atoms with Crippen molar-refractivity contribution >= 4 is 0 Å². The van der Waals surface area contributed by atoms with Crippen LogP contribution < -0.4 is 5.32 Å². The van der Waals surface area contributed by atoms with Gasteiger partial charge in [-0.25, -0.2) is 0 Å². The average molecular weight is 275 g/mol. The Kier molecular flexibility index (Phi) is 6.75. The third-order valence-electron chi connectivity index (χ3n) is 4.61. The Morgan fingerprint density at radius 2 is 1.50 bits per heavy atom. The van der Waals surface area contributed by atoms with Gasteiger partial charge in [0.2, 0.25) is 0 Å². The van der Waals surface area contributed by atoms with E-state index in [-0.39, 0.29) is 0 Å². The molecular formula is C19H33N. The maximum atomic E-state index is 3.64. The van der Waals surface area contributed by atoms with Crippen LogP contribution in [0, 0.1) is 5.41 Å². The highest BCUT2D eigenvalue weighted by Crippen LogP contribution is 2.31. The van der Waals surface area contributed by atoms with Gasteiger partial charge in [-0.05, 0) is 41.7 Å². The van der Waals surface area contributed by atoms with E-state index in [1.165, 1.54) is 30.4 Å². The van der Waals surface area contributed by atoms with E-state index in [0.717, 1.165) is 6.54 Å². The second-order valence-corrected chi connectivity index (χ2v) is 6.82. The van der Waals surface area contributed by atoms with Crippen molar-refractivity contribution in [3.05, 3.63) is 35.4 Å². The first-order chi connectivity index (χ1) is 9.42. The summed E-state index contributed by atoms with van der Waals surface area (Å²) >= 11 is 0. The number of hydrogen-bond donors (Lipinski definition) is 1. The van der Waals surface area contributed by atoms with Crippen molar-refractivity contribution in [2.24, 2.45) is 5.41 Å². The summed E-state index contributed by atoms with van der Waals surface area (Å²) in [7, 11) is 0. The van der Waals surface area contributed by atoms with Crippen LogP contribution >= 0.6 is 0 Å². The second kappa shape index (κ2) is 7.83. The van der Waals surface area contributed by atoms with Crippen LogP contribution in [0.1, 0.15) is 71.4 Å². The molecule has 0 bridgehead atoms. The van der Waals surface area contributed by atoms with Crippen molar-refractivity contribution in [3.63, 3.8) is 0 Å². The van der Waals surface area contributed by atoms with Gasteiger partial charge in [-0.2, -0.15) is 0 Å². The van der Waals surface area contributed by atoms with Gasteiger partial charge in [0.15, 0.2) is 0 Å². The molecule has 0 aliphatic heterocycles. The minimum atomic E-state index is 0.392. The van der Waals surface area contributed by atoms with Crippen molar-refractivity contribution in [3.8, 4) is 0 Å². The molecule has 0 unspecified atom stereocenters. The van der Waals surface area contributed by atoms with Gasteiger partial charge < -0.3 is 5.32 Å². The van der Waals surface area contributed by atoms with Gasteiger partial charge in [0.1, 0.15) is 0 Å². The van der Waals surface area contributed by atoms with E-state index in [4.69, 9.17) is 0 Å². The lowest BCUT2D eigenvalue weighted by atomic mass is 9.76. The van der Waals surface area contributed by atoms with Gasteiger partial charge in [0.25, 0.3) is 0 Å². The molecule has 0 aliphatic carbocycles. The highest BCUT2D eigenvalue weighted by molar-refractivity contribution is 5.25. The molecule has 1 N–H and O–H groups in total. The predicted molar refractivity (Wildman–Crippen MR) is 90.4 cm³/mol. The first kappa shape index (κ1) is 17.2. The van der Waals surface area contributed by atoms with E-state index in [1.807, 2.05) is 0 Å². The smallest absolute Gasteiger partial charge is 0.00132 e. The summed E-state index contributed by atoms with van der Waals surface area (Å²) in [5, 5.41) is 3.64. The molecule has 0 atom stereocenters. The fourth-order valence-corrected chi connectivity index (χ4v) is 2.69. The molecule has 1 heteroatoms. The fraction of sp³-hybridized carbons (Fsp3) is 0.684. The van der Waals surface area contributed by atoms with E-state index in [1.54, 1.807) is 0 Å². The molecule has 0 amide bonds. The maximum absolute atomic E-state index is 3.64. The van der Waals surface area contributed by atoms with Gasteiger partial charge >= 0.3 is 0 Å². The van der Waals surface area contributed by atoms with Crippen molar-refractivity contribution in [1.29, 1.82) is 0 Å². The Morgan fingerprint density at radius 3 is 1.90 bits per heavy atom. The zero-order valence-corrected chi connectivity index (χ0v) is 14.3. The summed E-state index contributed by atoms with van der Waals surface area (Å²) in [4.78, 5) is 0. The van der Waals surface area contributed by atoms with Gasteiger partial charge in [-0.15, -0.1) is 0 Å². The Labute approximate surface area is 126 Å². The summed E-state index contributed by atoms with van der Waals surface area (Å²) in [5.41, 5.74) is 3.31. The zero-order valence-electron chi connectivity index (χ0n) is 14.3. The van der Waals surface area contributed by atoms with Crippen LogP contribution in [0.15, 0.2) is 24.3 Å². The highest BCUT2D eigenvalue weighted by Gasteiger charge is 2.26. The summed E-state index contributed by atoms with van der Waals surface area (Å²) in [6, 6.07) is 9.81. The minimum Gasteiger partial charge on any atom is -0.314 e. The van der Waals surface area contributed by atoms with Crippen LogP contribution in [0.2, 0.25) is 0 Å². The molecule has 0 heterocycles.